The molecule has 3 unspecified atom stereocenters. The van der Waals surface area contributed by atoms with Crippen LogP contribution in [0.1, 0.15) is 25.7 Å². The topological polar surface area (TPSA) is 66.0 Å². The number of fused-ring (bicyclic) bond motifs is 2. The van der Waals surface area contributed by atoms with E-state index in [4.69, 9.17) is 4.74 Å². The SMILES string of the molecule is COCCNC(=NCC(=O)N(C)C)NC1CC2CCC1C2.I. The maximum absolute atomic E-state index is 11.7. The summed E-state index contributed by atoms with van der Waals surface area (Å²) in [5, 5.41) is 6.76. The normalized spacial score (nSPS) is 26.5. The first kappa shape index (κ1) is 19.5. The Hall–Kier alpha value is -0.570. The van der Waals surface area contributed by atoms with Gasteiger partial charge in [0.15, 0.2) is 5.96 Å². The second kappa shape index (κ2) is 9.54. The quantitative estimate of drug-likeness (QED) is 0.290. The van der Waals surface area contributed by atoms with Crippen molar-refractivity contribution in [1.82, 2.24) is 15.5 Å². The average molecular weight is 424 g/mol. The molecule has 22 heavy (non-hydrogen) atoms. The average Bonchev–Trinajstić information content (AvgIpc) is 3.06. The van der Waals surface area contributed by atoms with E-state index in [1.54, 1.807) is 26.1 Å². The number of methoxy groups -OCH3 is 1. The first-order valence-corrected chi connectivity index (χ1v) is 7.84. The van der Waals surface area contributed by atoms with E-state index in [2.05, 4.69) is 15.6 Å². The van der Waals surface area contributed by atoms with E-state index in [0.717, 1.165) is 17.8 Å². The van der Waals surface area contributed by atoms with Crippen molar-refractivity contribution >= 4 is 35.8 Å². The van der Waals surface area contributed by atoms with Crippen molar-refractivity contribution < 1.29 is 9.53 Å². The van der Waals surface area contributed by atoms with Crippen LogP contribution in [0.3, 0.4) is 0 Å². The van der Waals surface area contributed by atoms with Crippen LogP contribution in [-0.2, 0) is 9.53 Å². The fourth-order valence-corrected chi connectivity index (χ4v) is 3.31. The summed E-state index contributed by atoms with van der Waals surface area (Å²) in [5.74, 6) is 2.40. The molecule has 0 aliphatic heterocycles. The third kappa shape index (κ3) is 5.57. The summed E-state index contributed by atoms with van der Waals surface area (Å²) in [6.07, 6.45) is 5.28. The first-order valence-electron chi connectivity index (χ1n) is 7.84. The molecule has 0 radical (unpaired) electrons. The molecule has 1 amide bonds. The molecule has 0 heterocycles. The fraction of sp³-hybridized carbons (Fsp3) is 0.867. The van der Waals surface area contributed by atoms with Crippen molar-refractivity contribution in [3.05, 3.63) is 0 Å². The molecule has 2 bridgehead atoms. The largest absolute Gasteiger partial charge is 0.383 e. The summed E-state index contributed by atoms with van der Waals surface area (Å²) in [7, 11) is 5.18. The minimum atomic E-state index is 0. The van der Waals surface area contributed by atoms with Crippen LogP contribution in [0.15, 0.2) is 4.99 Å². The summed E-state index contributed by atoms with van der Waals surface area (Å²) >= 11 is 0. The number of likely N-dealkylation sites (N-methyl/N-ethyl adjacent to an activating group) is 1. The Morgan fingerprint density at radius 1 is 1.32 bits per heavy atom. The van der Waals surface area contributed by atoms with Crippen LogP contribution in [-0.4, -0.2) is 63.7 Å². The van der Waals surface area contributed by atoms with Crippen LogP contribution in [0, 0.1) is 11.8 Å². The molecule has 6 nitrogen and oxygen atoms in total. The summed E-state index contributed by atoms with van der Waals surface area (Å²) in [4.78, 5) is 17.7. The number of aliphatic imine (C=N–C) groups is 1. The number of amides is 1. The van der Waals surface area contributed by atoms with E-state index in [1.165, 1.54) is 25.7 Å². The van der Waals surface area contributed by atoms with Gasteiger partial charge in [-0.1, -0.05) is 6.42 Å². The molecular weight excluding hydrogens is 395 g/mol. The second-order valence-corrected chi connectivity index (χ2v) is 6.30. The van der Waals surface area contributed by atoms with Crippen molar-refractivity contribution in [2.24, 2.45) is 16.8 Å². The minimum absolute atomic E-state index is 0. The Labute approximate surface area is 150 Å². The Morgan fingerprint density at radius 3 is 2.64 bits per heavy atom. The van der Waals surface area contributed by atoms with Crippen LogP contribution >= 0.6 is 24.0 Å². The smallest absolute Gasteiger partial charge is 0.243 e. The van der Waals surface area contributed by atoms with Gasteiger partial charge in [0.2, 0.25) is 5.91 Å². The van der Waals surface area contributed by atoms with Gasteiger partial charge in [-0.3, -0.25) is 4.79 Å². The maximum Gasteiger partial charge on any atom is 0.243 e. The standard InChI is InChI=1S/C15H28N4O2.HI/c1-19(2)14(20)10-17-15(16-6-7-21-3)18-13-9-11-4-5-12(13)8-11;/h11-13H,4-10H2,1-3H3,(H2,16,17,18);1H. The molecule has 128 valence electrons. The second-order valence-electron chi connectivity index (χ2n) is 6.30. The number of carbonyl (C=O) groups is 1. The van der Waals surface area contributed by atoms with Gasteiger partial charge in [-0.05, 0) is 31.1 Å². The highest BCUT2D eigenvalue weighted by atomic mass is 127. The minimum Gasteiger partial charge on any atom is -0.383 e. The van der Waals surface area contributed by atoms with E-state index in [9.17, 15) is 4.79 Å². The Kier molecular flexibility index (Phi) is 8.45. The number of hydrogen-bond acceptors (Lipinski definition) is 3. The van der Waals surface area contributed by atoms with Gasteiger partial charge in [0.25, 0.3) is 0 Å². The molecule has 2 aliphatic carbocycles. The first-order chi connectivity index (χ1) is 10.1. The van der Waals surface area contributed by atoms with E-state index >= 15 is 0 Å². The molecule has 2 saturated carbocycles. The highest BCUT2D eigenvalue weighted by molar-refractivity contribution is 14.0. The van der Waals surface area contributed by atoms with Gasteiger partial charge in [0, 0.05) is 33.8 Å². The lowest BCUT2D eigenvalue weighted by Gasteiger charge is -2.25. The Bertz CT molecular complexity index is 390. The fourth-order valence-electron chi connectivity index (χ4n) is 3.31. The van der Waals surface area contributed by atoms with Crippen LogP contribution in [0.5, 0.6) is 0 Å². The van der Waals surface area contributed by atoms with Gasteiger partial charge in [-0.2, -0.15) is 0 Å². The molecule has 2 aliphatic rings. The van der Waals surface area contributed by atoms with Crippen molar-refractivity contribution in [2.75, 3.05) is 40.9 Å². The van der Waals surface area contributed by atoms with Crippen LogP contribution < -0.4 is 10.6 Å². The van der Waals surface area contributed by atoms with E-state index < -0.39 is 0 Å². The van der Waals surface area contributed by atoms with Crippen molar-refractivity contribution in [1.29, 1.82) is 0 Å². The number of halogens is 1. The third-order valence-electron chi connectivity index (χ3n) is 4.53. The van der Waals surface area contributed by atoms with Crippen molar-refractivity contribution in [2.45, 2.75) is 31.7 Å². The molecule has 0 saturated heterocycles. The number of hydrogen-bond donors (Lipinski definition) is 2. The van der Waals surface area contributed by atoms with Gasteiger partial charge >= 0.3 is 0 Å². The molecule has 0 aromatic rings. The number of guanidine groups is 1. The third-order valence-corrected chi connectivity index (χ3v) is 4.53. The molecule has 7 heteroatoms. The predicted molar refractivity (Wildman–Crippen MR) is 98.7 cm³/mol. The zero-order valence-electron chi connectivity index (χ0n) is 13.8. The summed E-state index contributed by atoms with van der Waals surface area (Å²) in [5.41, 5.74) is 0. The zero-order valence-corrected chi connectivity index (χ0v) is 16.1. The molecule has 3 atom stereocenters. The van der Waals surface area contributed by atoms with Gasteiger partial charge < -0.3 is 20.3 Å². The molecule has 0 aromatic heterocycles. The lowest BCUT2D eigenvalue weighted by Crippen LogP contribution is -2.46. The Morgan fingerprint density at radius 2 is 2.09 bits per heavy atom. The van der Waals surface area contributed by atoms with E-state index in [-0.39, 0.29) is 36.4 Å². The lowest BCUT2D eigenvalue weighted by molar-refractivity contribution is -0.127. The summed E-state index contributed by atoms with van der Waals surface area (Å²) in [6.45, 7) is 1.49. The number of rotatable bonds is 6. The molecule has 2 N–H and O–H groups in total. The predicted octanol–water partition coefficient (Wildman–Crippen LogP) is 1.06. The highest BCUT2D eigenvalue weighted by Crippen LogP contribution is 2.44. The lowest BCUT2D eigenvalue weighted by atomic mass is 9.95. The van der Waals surface area contributed by atoms with Crippen LogP contribution in [0.2, 0.25) is 0 Å². The molecule has 0 aromatic carbocycles. The van der Waals surface area contributed by atoms with Crippen LogP contribution in [0.4, 0.5) is 0 Å². The molecule has 2 fully saturated rings. The maximum atomic E-state index is 11.7. The van der Waals surface area contributed by atoms with E-state index in [0.29, 0.717) is 19.2 Å². The van der Waals surface area contributed by atoms with Crippen molar-refractivity contribution in [3.63, 3.8) is 0 Å². The number of carbonyl (C=O) groups excluding carboxylic acids is 1. The van der Waals surface area contributed by atoms with E-state index in [1.807, 2.05) is 0 Å². The molecular formula is C15H29IN4O2. The zero-order chi connectivity index (χ0) is 15.2. The summed E-state index contributed by atoms with van der Waals surface area (Å²) in [6, 6.07) is 0.506. The molecule has 2 rings (SSSR count). The summed E-state index contributed by atoms with van der Waals surface area (Å²) < 4.78 is 5.05. The number of nitrogens with zero attached hydrogens (tertiary/aromatic N) is 2. The number of ether oxygens (including phenoxy) is 1. The van der Waals surface area contributed by atoms with Gasteiger partial charge in [-0.25, -0.2) is 4.99 Å². The van der Waals surface area contributed by atoms with Crippen molar-refractivity contribution in [3.8, 4) is 0 Å². The van der Waals surface area contributed by atoms with Gasteiger partial charge in [-0.15, -0.1) is 24.0 Å². The monoisotopic (exact) mass is 424 g/mol. The Balaban J connectivity index is 0.00000242. The highest BCUT2D eigenvalue weighted by Gasteiger charge is 2.39. The number of nitrogens with one attached hydrogen (secondary N) is 2. The van der Waals surface area contributed by atoms with Crippen LogP contribution in [0.25, 0.3) is 0 Å². The molecule has 0 spiro atoms. The van der Waals surface area contributed by atoms with Gasteiger partial charge in [0.1, 0.15) is 6.54 Å². The van der Waals surface area contributed by atoms with Gasteiger partial charge in [0.05, 0.1) is 6.61 Å².